The number of ether oxygens (including phenoxy) is 2. The molecule has 0 atom stereocenters. The van der Waals surface area contributed by atoms with Crippen molar-refractivity contribution >= 4 is 12.0 Å². The molecule has 0 aliphatic carbocycles. The van der Waals surface area contributed by atoms with E-state index < -0.39 is 53.8 Å². The van der Waals surface area contributed by atoms with Crippen molar-refractivity contribution in [2.45, 2.75) is 13.3 Å². The van der Waals surface area contributed by atoms with Crippen LogP contribution in [0.1, 0.15) is 22.8 Å². The highest BCUT2D eigenvalue weighted by molar-refractivity contribution is 5.90. The highest BCUT2D eigenvalue weighted by Crippen LogP contribution is 2.21. The van der Waals surface area contributed by atoms with Gasteiger partial charge in [-0.05, 0) is 12.5 Å². The molecule has 0 spiro atoms. The van der Waals surface area contributed by atoms with Crippen molar-refractivity contribution in [3.05, 3.63) is 34.6 Å². The van der Waals surface area contributed by atoms with E-state index in [1.54, 1.807) is 0 Å². The fourth-order valence-corrected chi connectivity index (χ4v) is 1.41. The summed E-state index contributed by atoms with van der Waals surface area (Å²) < 4.78 is 61.2. The maximum atomic E-state index is 13.4. The molecule has 1 aromatic carbocycles. The number of esters is 1. The first kappa shape index (κ1) is 16.1. The van der Waals surface area contributed by atoms with Crippen LogP contribution in [-0.4, -0.2) is 25.4 Å². The fourth-order valence-electron chi connectivity index (χ4n) is 1.41. The number of carbonyl (C=O) groups excluding carboxylic acids is 2. The normalized spacial score (nSPS) is 10.4. The predicted octanol–water partition coefficient (Wildman–Crippen LogP) is 2.29. The van der Waals surface area contributed by atoms with E-state index in [1.165, 1.54) is 0 Å². The van der Waals surface area contributed by atoms with Crippen molar-refractivity contribution in [2.75, 3.05) is 13.4 Å². The van der Waals surface area contributed by atoms with Crippen LogP contribution < -0.4 is 0 Å². The van der Waals surface area contributed by atoms with Crippen LogP contribution in [0.2, 0.25) is 0 Å². The van der Waals surface area contributed by atoms with Gasteiger partial charge in [-0.25, -0.2) is 13.2 Å². The first-order chi connectivity index (χ1) is 9.34. The van der Waals surface area contributed by atoms with Crippen LogP contribution >= 0.6 is 0 Å². The zero-order chi connectivity index (χ0) is 15.3. The Morgan fingerprint density at radius 2 is 1.85 bits per heavy atom. The molecule has 0 fully saturated rings. The smallest absolute Gasteiger partial charge is 0.332 e. The Morgan fingerprint density at radius 3 is 2.40 bits per heavy atom. The third kappa shape index (κ3) is 4.02. The maximum absolute atomic E-state index is 13.4. The summed E-state index contributed by atoms with van der Waals surface area (Å²) in [7, 11) is 0. The standard InChI is InChI=1S/C12H10F4O4/c1-6(17)20-5-19-3-2-7-8(12(16)18)4-9(13)11(15)10(7)14/h4H,2-3,5H2,1H3. The first-order valence-electron chi connectivity index (χ1n) is 5.42. The Bertz CT molecular complexity index is 531. The van der Waals surface area contributed by atoms with Crippen molar-refractivity contribution < 1.29 is 36.6 Å². The van der Waals surface area contributed by atoms with Crippen LogP contribution in [0, 0.1) is 17.5 Å². The third-order valence-electron chi connectivity index (χ3n) is 2.32. The Labute approximate surface area is 111 Å². The summed E-state index contributed by atoms with van der Waals surface area (Å²) in [6.07, 6.45) is -0.394. The van der Waals surface area contributed by atoms with Crippen molar-refractivity contribution in [1.82, 2.24) is 0 Å². The topological polar surface area (TPSA) is 52.6 Å². The van der Waals surface area contributed by atoms with Gasteiger partial charge in [-0.15, -0.1) is 0 Å². The van der Waals surface area contributed by atoms with Gasteiger partial charge in [-0.2, -0.15) is 4.39 Å². The monoisotopic (exact) mass is 294 g/mol. The van der Waals surface area contributed by atoms with Gasteiger partial charge in [0, 0.05) is 12.5 Å². The molecule has 4 nitrogen and oxygen atoms in total. The Hall–Kier alpha value is -1.96. The summed E-state index contributed by atoms with van der Waals surface area (Å²) >= 11 is 0. The molecule has 0 N–H and O–H groups in total. The van der Waals surface area contributed by atoms with Crippen LogP contribution in [0.4, 0.5) is 17.6 Å². The predicted molar refractivity (Wildman–Crippen MR) is 58.0 cm³/mol. The number of carbonyl (C=O) groups is 2. The van der Waals surface area contributed by atoms with E-state index in [9.17, 15) is 27.2 Å². The highest BCUT2D eigenvalue weighted by Gasteiger charge is 2.22. The lowest BCUT2D eigenvalue weighted by atomic mass is 10.0. The summed E-state index contributed by atoms with van der Waals surface area (Å²) in [6.45, 7) is 0.424. The zero-order valence-electron chi connectivity index (χ0n) is 10.3. The Morgan fingerprint density at radius 1 is 1.20 bits per heavy atom. The third-order valence-corrected chi connectivity index (χ3v) is 2.32. The molecule has 0 aliphatic heterocycles. The van der Waals surface area contributed by atoms with Crippen LogP contribution in [-0.2, 0) is 20.7 Å². The summed E-state index contributed by atoms with van der Waals surface area (Å²) in [5.41, 5.74) is -1.54. The molecule has 8 heteroatoms. The van der Waals surface area contributed by atoms with Crippen LogP contribution in [0.5, 0.6) is 0 Å². The Balaban J connectivity index is 2.80. The van der Waals surface area contributed by atoms with Gasteiger partial charge in [0.25, 0.3) is 0 Å². The molecule has 0 amide bonds. The number of benzene rings is 1. The second-order valence-electron chi connectivity index (χ2n) is 3.70. The van der Waals surface area contributed by atoms with Crippen molar-refractivity contribution in [2.24, 2.45) is 0 Å². The van der Waals surface area contributed by atoms with Crippen molar-refractivity contribution in [3.8, 4) is 0 Å². The van der Waals surface area contributed by atoms with Crippen LogP contribution in [0.25, 0.3) is 0 Å². The number of rotatable bonds is 6. The van der Waals surface area contributed by atoms with Crippen molar-refractivity contribution in [3.63, 3.8) is 0 Å². The molecule has 20 heavy (non-hydrogen) atoms. The summed E-state index contributed by atoms with van der Waals surface area (Å²) in [4.78, 5) is 21.0. The van der Waals surface area contributed by atoms with Crippen LogP contribution in [0.15, 0.2) is 6.07 Å². The van der Waals surface area contributed by atoms with E-state index in [-0.39, 0.29) is 12.7 Å². The molecule has 0 saturated carbocycles. The van der Waals surface area contributed by atoms with Gasteiger partial charge in [-0.1, -0.05) is 0 Å². The van der Waals surface area contributed by atoms with Gasteiger partial charge in [0.05, 0.1) is 12.2 Å². The van der Waals surface area contributed by atoms with E-state index in [2.05, 4.69) is 4.74 Å². The van der Waals surface area contributed by atoms with E-state index in [0.29, 0.717) is 0 Å². The van der Waals surface area contributed by atoms with E-state index in [0.717, 1.165) is 6.92 Å². The second kappa shape index (κ2) is 6.99. The Kier molecular flexibility index (Phi) is 5.63. The lowest BCUT2D eigenvalue weighted by Gasteiger charge is -2.09. The molecule has 0 aliphatic rings. The number of halogens is 4. The van der Waals surface area contributed by atoms with Crippen molar-refractivity contribution in [1.29, 1.82) is 0 Å². The summed E-state index contributed by atoms with van der Waals surface area (Å²) in [5.74, 6) is -5.72. The lowest BCUT2D eigenvalue weighted by molar-refractivity contribution is -0.153. The van der Waals surface area contributed by atoms with Gasteiger partial charge in [0.15, 0.2) is 24.2 Å². The molecular weight excluding hydrogens is 284 g/mol. The molecular formula is C12H10F4O4. The van der Waals surface area contributed by atoms with Gasteiger partial charge >= 0.3 is 12.0 Å². The first-order valence-corrected chi connectivity index (χ1v) is 5.42. The SMILES string of the molecule is CC(=O)OCOCCc1c(C(=O)F)cc(F)c(F)c1F. The average Bonchev–Trinajstić information content (AvgIpc) is 2.37. The minimum Gasteiger partial charge on any atom is -0.439 e. The van der Waals surface area contributed by atoms with Crippen LogP contribution in [0.3, 0.4) is 0 Å². The average molecular weight is 294 g/mol. The van der Waals surface area contributed by atoms with E-state index in [1.807, 2.05) is 0 Å². The van der Waals surface area contributed by atoms with Gasteiger partial charge in [0.1, 0.15) is 0 Å². The molecule has 110 valence electrons. The van der Waals surface area contributed by atoms with E-state index in [4.69, 9.17) is 4.74 Å². The lowest BCUT2D eigenvalue weighted by Crippen LogP contribution is -2.11. The number of hydrogen-bond acceptors (Lipinski definition) is 4. The van der Waals surface area contributed by atoms with Gasteiger partial charge in [-0.3, -0.25) is 9.59 Å². The molecule has 0 bridgehead atoms. The molecule has 0 aromatic heterocycles. The minimum absolute atomic E-state index is 0.280. The maximum Gasteiger partial charge on any atom is 0.332 e. The molecule has 0 saturated heterocycles. The summed E-state index contributed by atoms with van der Waals surface area (Å²) in [6, 6.07) is -1.81. The molecule has 0 radical (unpaired) electrons. The molecule has 1 rings (SSSR count). The van der Waals surface area contributed by atoms with Gasteiger partial charge in [0.2, 0.25) is 0 Å². The second-order valence-corrected chi connectivity index (χ2v) is 3.70. The molecule has 0 unspecified atom stereocenters. The fraction of sp³-hybridized carbons (Fsp3) is 0.333. The van der Waals surface area contributed by atoms with E-state index >= 15 is 0 Å². The highest BCUT2D eigenvalue weighted by atomic mass is 19.2. The molecule has 0 heterocycles. The number of hydrogen-bond donors (Lipinski definition) is 0. The zero-order valence-corrected chi connectivity index (χ0v) is 10.3. The summed E-state index contributed by atoms with van der Waals surface area (Å²) in [5, 5.41) is 0. The quantitative estimate of drug-likeness (QED) is 0.202. The van der Waals surface area contributed by atoms with Gasteiger partial charge < -0.3 is 9.47 Å². The minimum atomic E-state index is -2.09. The largest absolute Gasteiger partial charge is 0.439 e. The molecule has 1 aromatic rings.